The molecule has 0 spiro atoms. The van der Waals surface area contributed by atoms with Gasteiger partial charge >= 0.3 is 0 Å². The fourth-order valence-corrected chi connectivity index (χ4v) is 2.38. The summed E-state index contributed by atoms with van der Waals surface area (Å²) in [5, 5.41) is 6.08. The Hall–Kier alpha value is -1.79. The molecule has 1 atom stereocenters. The van der Waals surface area contributed by atoms with Gasteiger partial charge in [0.05, 0.1) is 12.2 Å². The predicted octanol–water partition coefficient (Wildman–Crippen LogP) is 1.24. The number of nitrogens with one attached hydrogen (secondary N) is 2. The van der Waals surface area contributed by atoms with Gasteiger partial charge in [-0.1, -0.05) is 0 Å². The Kier molecular flexibility index (Phi) is 5.03. The van der Waals surface area contributed by atoms with Crippen LogP contribution in [0.4, 0.5) is 11.4 Å². The largest absolute Gasteiger partial charge is 0.399 e. The zero-order chi connectivity index (χ0) is 15.3. The van der Waals surface area contributed by atoms with E-state index in [9.17, 15) is 4.79 Å². The maximum atomic E-state index is 12.1. The molecule has 0 aliphatic carbocycles. The quantitative estimate of drug-likeness (QED) is 0.687. The minimum atomic E-state index is -0.344. The first-order valence-electron chi connectivity index (χ1n) is 7.15. The van der Waals surface area contributed by atoms with Crippen LogP contribution in [0.1, 0.15) is 23.7 Å². The normalized spacial score (nSPS) is 21.2. The molecule has 6 heteroatoms. The summed E-state index contributed by atoms with van der Waals surface area (Å²) in [6.07, 6.45) is 0.829. The van der Waals surface area contributed by atoms with Crippen LogP contribution in [0.25, 0.3) is 0 Å². The van der Waals surface area contributed by atoms with Crippen molar-refractivity contribution in [2.75, 3.05) is 44.5 Å². The average molecular weight is 293 g/mol. The number of carbonyl (C=O) groups excluding carboxylic acids is 1. The van der Waals surface area contributed by atoms with Crippen LogP contribution >= 0.6 is 0 Å². The lowest BCUT2D eigenvalue weighted by atomic mass is 10.0. The van der Waals surface area contributed by atoms with E-state index in [4.69, 9.17) is 15.2 Å². The molecule has 1 aromatic rings. The lowest BCUT2D eigenvalue weighted by Gasteiger charge is -2.27. The number of ether oxygens (including phenoxy) is 2. The Morgan fingerprint density at radius 2 is 2.33 bits per heavy atom. The number of hydrogen-bond acceptors (Lipinski definition) is 5. The Morgan fingerprint density at radius 1 is 1.52 bits per heavy atom. The molecule has 1 aliphatic rings. The molecule has 4 N–H and O–H groups in total. The van der Waals surface area contributed by atoms with Crippen LogP contribution in [0.2, 0.25) is 0 Å². The summed E-state index contributed by atoms with van der Waals surface area (Å²) in [5.41, 5.74) is 7.38. The third kappa shape index (κ3) is 3.65. The Morgan fingerprint density at radius 3 is 2.95 bits per heavy atom. The van der Waals surface area contributed by atoms with Gasteiger partial charge in [0, 0.05) is 44.6 Å². The van der Waals surface area contributed by atoms with Gasteiger partial charge < -0.3 is 25.8 Å². The van der Waals surface area contributed by atoms with E-state index in [1.165, 1.54) is 0 Å². The van der Waals surface area contributed by atoms with Crippen LogP contribution in [0.15, 0.2) is 18.2 Å². The second kappa shape index (κ2) is 6.78. The number of nitrogen functional groups attached to an aromatic ring is 1. The van der Waals surface area contributed by atoms with Gasteiger partial charge in [0.2, 0.25) is 0 Å². The van der Waals surface area contributed by atoms with Crippen LogP contribution < -0.4 is 16.4 Å². The molecule has 1 heterocycles. The second-order valence-corrected chi connectivity index (χ2v) is 5.21. The van der Waals surface area contributed by atoms with E-state index in [0.717, 1.165) is 6.42 Å². The molecule has 1 aliphatic heterocycles. The van der Waals surface area contributed by atoms with Crippen LogP contribution in [0.5, 0.6) is 0 Å². The van der Waals surface area contributed by atoms with Gasteiger partial charge in [0.1, 0.15) is 5.60 Å². The minimum Gasteiger partial charge on any atom is -0.399 e. The van der Waals surface area contributed by atoms with Crippen molar-refractivity contribution >= 4 is 17.3 Å². The SMILES string of the molecule is CCNC(=O)c1ccc(N)cc1NCC1(OC)CCOC1. The number of anilines is 2. The number of nitrogens with two attached hydrogens (primary N) is 1. The van der Waals surface area contributed by atoms with Gasteiger partial charge in [-0.05, 0) is 25.1 Å². The standard InChI is InChI=1S/C15H23N3O3/c1-3-17-14(19)12-5-4-11(16)8-13(12)18-9-15(20-2)6-7-21-10-15/h4-5,8,18H,3,6-7,9-10,16H2,1-2H3,(H,17,19). The molecular formula is C15H23N3O3. The molecule has 1 fully saturated rings. The molecule has 21 heavy (non-hydrogen) atoms. The molecule has 0 saturated carbocycles. The lowest BCUT2D eigenvalue weighted by molar-refractivity contribution is -0.00621. The highest BCUT2D eigenvalue weighted by Gasteiger charge is 2.35. The van der Waals surface area contributed by atoms with Crippen LogP contribution in [-0.4, -0.2) is 44.9 Å². The minimum absolute atomic E-state index is 0.117. The number of carbonyl (C=O) groups is 1. The van der Waals surface area contributed by atoms with Crippen molar-refractivity contribution in [2.45, 2.75) is 18.9 Å². The first-order chi connectivity index (χ1) is 10.1. The molecule has 6 nitrogen and oxygen atoms in total. The van der Waals surface area contributed by atoms with Crippen molar-refractivity contribution in [3.05, 3.63) is 23.8 Å². The first-order valence-corrected chi connectivity index (χ1v) is 7.15. The topological polar surface area (TPSA) is 85.6 Å². The molecule has 1 saturated heterocycles. The van der Waals surface area contributed by atoms with Crippen molar-refractivity contribution in [1.29, 1.82) is 0 Å². The molecule has 0 bridgehead atoms. The van der Waals surface area contributed by atoms with Crippen LogP contribution in [0.3, 0.4) is 0 Å². The monoisotopic (exact) mass is 293 g/mol. The number of rotatable bonds is 6. The maximum Gasteiger partial charge on any atom is 0.253 e. The van der Waals surface area contributed by atoms with Gasteiger partial charge in [0.25, 0.3) is 5.91 Å². The molecule has 1 amide bonds. The van der Waals surface area contributed by atoms with E-state index < -0.39 is 0 Å². The van der Waals surface area contributed by atoms with E-state index in [0.29, 0.717) is 43.2 Å². The molecule has 2 rings (SSSR count). The molecule has 0 radical (unpaired) electrons. The molecule has 116 valence electrons. The summed E-state index contributed by atoms with van der Waals surface area (Å²) < 4.78 is 11.0. The van der Waals surface area contributed by atoms with E-state index in [2.05, 4.69) is 10.6 Å². The van der Waals surface area contributed by atoms with Crippen LogP contribution in [-0.2, 0) is 9.47 Å². The number of methoxy groups -OCH3 is 1. The molecule has 0 aromatic heterocycles. The number of benzene rings is 1. The Bertz CT molecular complexity index is 499. The molecule has 1 unspecified atom stereocenters. The summed E-state index contributed by atoms with van der Waals surface area (Å²) in [4.78, 5) is 12.1. The van der Waals surface area contributed by atoms with Crippen molar-refractivity contribution in [2.24, 2.45) is 0 Å². The number of amides is 1. The highest BCUT2D eigenvalue weighted by Crippen LogP contribution is 2.25. The zero-order valence-electron chi connectivity index (χ0n) is 12.6. The summed E-state index contributed by atoms with van der Waals surface area (Å²) in [6.45, 7) is 4.28. The third-order valence-electron chi connectivity index (χ3n) is 3.73. The first kappa shape index (κ1) is 15.6. The smallest absolute Gasteiger partial charge is 0.253 e. The van der Waals surface area contributed by atoms with Crippen molar-refractivity contribution in [3.63, 3.8) is 0 Å². The van der Waals surface area contributed by atoms with E-state index >= 15 is 0 Å². The van der Waals surface area contributed by atoms with E-state index in [1.54, 1.807) is 25.3 Å². The van der Waals surface area contributed by atoms with Gasteiger partial charge in [-0.15, -0.1) is 0 Å². The van der Waals surface area contributed by atoms with E-state index in [1.807, 2.05) is 6.92 Å². The van der Waals surface area contributed by atoms with Crippen molar-refractivity contribution in [3.8, 4) is 0 Å². The lowest BCUT2D eigenvalue weighted by Crippen LogP contribution is -2.40. The highest BCUT2D eigenvalue weighted by molar-refractivity contribution is 6.00. The fourth-order valence-electron chi connectivity index (χ4n) is 2.38. The summed E-state index contributed by atoms with van der Waals surface area (Å²) in [6, 6.07) is 5.22. The zero-order valence-corrected chi connectivity index (χ0v) is 12.6. The maximum absolute atomic E-state index is 12.1. The molecular weight excluding hydrogens is 270 g/mol. The van der Waals surface area contributed by atoms with Crippen molar-refractivity contribution in [1.82, 2.24) is 5.32 Å². The summed E-state index contributed by atoms with van der Waals surface area (Å²) in [7, 11) is 1.68. The predicted molar refractivity (Wildman–Crippen MR) is 82.5 cm³/mol. The Labute approximate surface area is 125 Å². The van der Waals surface area contributed by atoms with Gasteiger partial charge in [-0.25, -0.2) is 0 Å². The number of hydrogen-bond donors (Lipinski definition) is 3. The third-order valence-corrected chi connectivity index (χ3v) is 3.73. The summed E-state index contributed by atoms with van der Waals surface area (Å²) in [5.74, 6) is -0.117. The van der Waals surface area contributed by atoms with Crippen molar-refractivity contribution < 1.29 is 14.3 Å². The average Bonchev–Trinajstić information content (AvgIpc) is 2.95. The van der Waals surface area contributed by atoms with Gasteiger partial charge in [0.15, 0.2) is 0 Å². The van der Waals surface area contributed by atoms with Gasteiger partial charge in [-0.2, -0.15) is 0 Å². The van der Waals surface area contributed by atoms with Crippen LogP contribution in [0, 0.1) is 0 Å². The Balaban J connectivity index is 2.14. The van der Waals surface area contributed by atoms with Gasteiger partial charge in [-0.3, -0.25) is 4.79 Å². The van der Waals surface area contributed by atoms with E-state index in [-0.39, 0.29) is 11.5 Å². The summed E-state index contributed by atoms with van der Waals surface area (Å²) >= 11 is 0. The highest BCUT2D eigenvalue weighted by atomic mass is 16.5. The fraction of sp³-hybridized carbons (Fsp3) is 0.533. The second-order valence-electron chi connectivity index (χ2n) is 5.21. The molecule has 1 aromatic carbocycles.